The maximum Gasteiger partial charge on any atom is 0.261 e. The highest BCUT2D eigenvalue weighted by atomic mass is 35.5. The first kappa shape index (κ1) is 20.8. The Morgan fingerprint density at radius 1 is 1.10 bits per heavy atom. The highest BCUT2D eigenvalue weighted by molar-refractivity contribution is 6.34. The molecule has 156 valence electrons. The van der Waals surface area contributed by atoms with Crippen LogP contribution in [0.4, 0.5) is 10.1 Å². The second-order valence-electron chi connectivity index (χ2n) is 7.24. The van der Waals surface area contributed by atoms with Crippen molar-refractivity contribution in [3.05, 3.63) is 69.5 Å². The van der Waals surface area contributed by atoms with Gasteiger partial charge in [0.15, 0.2) is 12.4 Å². The molecule has 1 aliphatic carbocycles. The normalized spacial score (nSPS) is 15.7. The van der Waals surface area contributed by atoms with Crippen LogP contribution in [0.2, 0.25) is 5.02 Å². The molecule has 0 N–H and O–H groups in total. The van der Waals surface area contributed by atoms with Gasteiger partial charge in [0.1, 0.15) is 11.6 Å². The van der Waals surface area contributed by atoms with E-state index in [2.05, 4.69) is 0 Å². The van der Waals surface area contributed by atoms with Gasteiger partial charge < -0.3 is 4.74 Å². The summed E-state index contributed by atoms with van der Waals surface area (Å²) in [7, 11) is 0. The second-order valence-corrected chi connectivity index (χ2v) is 7.65. The highest BCUT2D eigenvalue weighted by Crippen LogP contribution is 2.39. The molecule has 0 fully saturated rings. The maximum absolute atomic E-state index is 14.6. The van der Waals surface area contributed by atoms with Crippen LogP contribution in [-0.2, 0) is 9.59 Å². The van der Waals surface area contributed by atoms with Crippen molar-refractivity contribution < 1.29 is 23.5 Å². The van der Waals surface area contributed by atoms with Gasteiger partial charge in [0, 0.05) is 22.8 Å². The largest absolute Gasteiger partial charge is 0.484 e. The third-order valence-corrected chi connectivity index (χ3v) is 5.62. The van der Waals surface area contributed by atoms with Gasteiger partial charge in [0.2, 0.25) is 0 Å². The number of anilines is 1. The number of rotatable bonds is 5. The molecule has 0 radical (unpaired) electrons. The van der Waals surface area contributed by atoms with Crippen molar-refractivity contribution in [1.82, 2.24) is 0 Å². The molecular weight excluding hydrogens is 423 g/mol. The van der Waals surface area contributed by atoms with Crippen LogP contribution in [0.15, 0.2) is 47.5 Å². The molecule has 0 saturated heterocycles. The minimum Gasteiger partial charge on any atom is -0.484 e. The number of Topliss-reactive ketones (excluding diaryl/α,β-unsaturated/α-hetero) is 1. The lowest BCUT2D eigenvalue weighted by atomic mass is 9.93. The first-order valence-corrected chi connectivity index (χ1v) is 10.0. The van der Waals surface area contributed by atoms with Crippen molar-refractivity contribution in [3.63, 3.8) is 0 Å². The van der Waals surface area contributed by atoms with Crippen LogP contribution in [0.25, 0.3) is 0 Å². The van der Waals surface area contributed by atoms with Crippen molar-refractivity contribution in [3.8, 4) is 11.8 Å². The second kappa shape index (κ2) is 8.32. The number of halogens is 2. The third-order valence-electron chi connectivity index (χ3n) is 5.33. The van der Waals surface area contributed by atoms with E-state index in [1.165, 1.54) is 24.3 Å². The van der Waals surface area contributed by atoms with E-state index < -0.39 is 24.2 Å². The lowest BCUT2D eigenvalue weighted by molar-refractivity contribution is -0.120. The number of hydrogen-bond donors (Lipinski definition) is 0. The standard InChI is InChI=1S/C23H16ClFN2O4/c24-17-9-18(25)19(27-22(29)15-3-1-2-4-16(15)23(27)30)10-21(17)31-12-20(28)14-7-5-13(11-26)6-8-14/h5-10H,1-4,12H2. The molecule has 0 spiro atoms. The topological polar surface area (TPSA) is 87.5 Å². The summed E-state index contributed by atoms with van der Waals surface area (Å²) in [5.41, 5.74) is 1.36. The highest BCUT2D eigenvalue weighted by Gasteiger charge is 2.41. The molecule has 0 bridgehead atoms. The van der Waals surface area contributed by atoms with Gasteiger partial charge in [-0.25, -0.2) is 9.29 Å². The van der Waals surface area contributed by atoms with Crippen LogP contribution >= 0.6 is 11.6 Å². The number of ether oxygens (including phenoxy) is 1. The Morgan fingerprint density at radius 2 is 1.71 bits per heavy atom. The molecule has 1 aliphatic heterocycles. The Labute approximate surface area is 182 Å². The number of ketones is 1. The number of nitriles is 1. The molecule has 31 heavy (non-hydrogen) atoms. The molecule has 0 aromatic heterocycles. The summed E-state index contributed by atoms with van der Waals surface area (Å²) < 4.78 is 20.1. The summed E-state index contributed by atoms with van der Waals surface area (Å²) in [5, 5.41) is 8.74. The van der Waals surface area contributed by atoms with Gasteiger partial charge in [-0.2, -0.15) is 5.26 Å². The van der Waals surface area contributed by atoms with Crippen LogP contribution in [-0.4, -0.2) is 24.2 Å². The van der Waals surface area contributed by atoms with Gasteiger partial charge in [-0.15, -0.1) is 0 Å². The van der Waals surface area contributed by atoms with Crippen molar-refractivity contribution in [2.75, 3.05) is 11.5 Å². The fourth-order valence-corrected chi connectivity index (χ4v) is 3.92. The van der Waals surface area contributed by atoms with Gasteiger partial charge in [-0.3, -0.25) is 14.4 Å². The maximum atomic E-state index is 14.6. The van der Waals surface area contributed by atoms with Gasteiger partial charge in [0.05, 0.1) is 22.3 Å². The minimum atomic E-state index is -0.836. The Bertz CT molecular complexity index is 1150. The fraction of sp³-hybridized carbons (Fsp3) is 0.217. The average Bonchev–Trinajstić information content (AvgIpc) is 3.03. The minimum absolute atomic E-state index is 0.0227. The monoisotopic (exact) mass is 438 g/mol. The molecular formula is C23H16ClFN2O4. The molecule has 1 heterocycles. The number of carbonyl (C=O) groups is 3. The van der Waals surface area contributed by atoms with E-state index in [-0.39, 0.29) is 22.2 Å². The summed E-state index contributed by atoms with van der Waals surface area (Å²) in [6, 6.07) is 10.1. The van der Waals surface area contributed by atoms with Crippen LogP contribution in [0, 0.1) is 17.1 Å². The van der Waals surface area contributed by atoms with Gasteiger partial charge in [0.25, 0.3) is 11.8 Å². The molecule has 6 nitrogen and oxygen atoms in total. The summed E-state index contributed by atoms with van der Waals surface area (Å²) in [4.78, 5) is 38.6. The zero-order chi connectivity index (χ0) is 22.1. The zero-order valence-corrected chi connectivity index (χ0v) is 17.0. The number of benzene rings is 2. The van der Waals surface area contributed by atoms with Crippen molar-refractivity contribution in [2.24, 2.45) is 0 Å². The molecule has 0 atom stereocenters. The summed E-state index contributed by atoms with van der Waals surface area (Å²) in [6.45, 7) is -0.396. The Kier molecular flexibility index (Phi) is 5.57. The Morgan fingerprint density at radius 3 is 2.29 bits per heavy atom. The smallest absolute Gasteiger partial charge is 0.261 e. The molecule has 2 aromatic rings. The number of carbonyl (C=O) groups excluding carboxylic acids is 3. The lowest BCUT2D eigenvalue weighted by Crippen LogP contribution is -2.32. The molecule has 2 aliphatic rings. The molecule has 2 amide bonds. The molecule has 2 aromatic carbocycles. The number of imide groups is 1. The molecule has 8 heteroatoms. The summed E-state index contributed by atoms with van der Waals surface area (Å²) >= 11 is 6.06. The fourth-order valence-electron chi connectivity index (χ4n) is 3.72. The van der Waals surface area contributed by atoms with Crippen molar-refractivity contribution in [2.45, 2.75) is 25.7 Å². The van der Waals surface area contributed by atoms with E-state index >= 15 is 0 Å². The molecule has 0 unspecified atom stereocenters. The first-order valence-electron chi connectivity index (χ1n) is 9.66. The van der Waals surface area contributed by atoms with Gasteiger partial charge >= 0.3 is 0 Å². The number of hydrogen-bond acceptors (Lipinski definition) is 5. The van der Waals surface area contributed by atoms with Crippen LogP contribution in [0.3, 0.4) is 0 Å². The average molecular weight is 439 g/mol. The third kappa shape index (κ3) is 3.82. The van der Waals surface area contributed by atoms with E-state index in [4.69, 9.17) is 21.6 Å². The summed E-state index contributed by atoms with van der Waals surface area (Å²) in [6.07, 6.45) is 2.60. The first-order chi connectivity index (χ1) is 14.9. The van der Waals surface area contributed by atoms with E-state index in [0.717, 1.165) is 29.9 Å². The van der Waals surface area contributed by atoms with Crippen molar-refractivity contribution in [1.29, 1.82) is 5.26 Å². The van der Waals surface area contributed by atoms with Crippen LogP contribution in [0.5, 0.6) is 5.75 Å². The zero-order valence-electron chi connectivity index (χ0n) is 16.3. The number of amides is 2. The summed E-state index contributed by atoms with van der Waals surface area (Å²) in [5.74, 6) is -2.29. The van der Waals surface area contributed by atoms with Gasteiger partial charge in [-0.1, -0.05) is 11.6 Å². The predicted octanol–water partition coefficient (Wildman–Crippen LogP) is 4.36. The Hall–Kier alpha value is -3.50. The molecule has 4 rings (SSSR count). The van der Waals surface area contributed by atoms with Gasteiger partial charge in [-0.05, 0) is 56.0 Å². The van der Waals surface area contributed by atoms with E-state index in [0.29, 0.717) is 35.1 Å². The number of nitrogens with zero attached hydrogens (tertiary/aromatic N) is 2. The van der Waals surface area contributed by atoms with E-state index in [1.54, 1.807) is 0 Å². The van der Waals surface area contributed by atoms with Crippen molar-refractivity contribution >= 4 is 34.9 Å². The quantitative estimate of drug-likeness (QED) is 0.511. The predicted molar refractivity (Wildman–Crippen MR) is 110 cm³/mol. The van der Waals surface area contributed by atoms with Crippen LogP contribution in [0.1, 0.15) is 41.6 Å². The van der Waals surface area contributed by atoms with Crippen LogP contribution < -0.4 is 9.64 Å². The SMILES string of the molecule is N#Cc1ccc(C(=O)COc2cc(N3C(=O)C4=C(CCCC4)C3=O)c(F)cc2Cl)cc1. The lowest BCUT2D eigenvalue weighted by Gasteiger charge is -2.18. The van der Waals surface area contributed by atoms with E-state index in [9.17, 15) is 18.8 Å². The molecule has 0 saturated carbocycles. The Balaban J connectivity index is 1.56. The van der Waals surface area contributed by atoms with E-state index in [1.807, 2.05) is 6.07 Å².